The quantitative estimate of drug-likeness (QED) is 0.890. The summed E-state index contributed by atoms with van der Waals surface area (Å²) in [5.74, 6) is -0.149. The maximum Gasteiger partial charge on any atom is 0.321 e. The molecule has 0 unspecified atom stereocenters. The zero-order valence-electron chi connectivity index (χ0n) is 11.4. The lowest BCUT2D eigenvalue weighted by atomic mass is 10.2. The third-order valence-corrected chi connectivity index (χ3v) is 2.64. The van der Waals surface area contributed by atoms with Crippen LogP contribution in [0.2, 0.25) is 0 Å². The molecule has 2 aromatic rings. The number of nitriles is 1. The Kier molecular flexibility index (Phi) is 4.77. The van der Waals surface area contributed by atoms with Crippen LogP contribution in [0.1, 0.15) is 6.92 Å². The first-order chi connectivity index (χ1) is 10.2. The summed E-state index contributed by atoms with van der Waals surface area (Å²) in [6.07, 6.45) is 1.52. The van der Waals surface area contributed by atoms with Crippen molar-refractivity contribution in [2.75, 3.05) is 11.9 Å². The van der Waals surface area contributed by atoms with Gasteiger partial charge < -0.3 is 5.32 Å². The fourth-order valence-corrected chi connectivity index (χ4v) is 1.54. The summed E-state index contributed by atoms with van der Waals surface area (Å²) in [6, 6.07) is 11.0. The number of rotatable bonds is 4. The maximum atomic E-state index is 11.6. The molecule has 2 rings (SSSR count). The van der Waals surface area contributed by atoms with Crippen LogP contribution in [0.15, 0.2) is 36.5 Å². The van der Waals surface area contributed by atoms with Crippen molar-refractivity contribution >= 4 is 12.0 Å². The van der Waals surface area contributed by atoms with Gasteiger partial charge in [-0.1, -0.05) is 30.3 Å². The third kappa shape index (κ3) is 4.24. The van der Waals surface area contributed by atoms with Gasteiger partial charge in [0.05, 0.1) is 23.9 Å². The van der Waals surface area contributed by atoms with E-state index in [-0.39, 0.29) is 18.4 Å². The molecule has 0 saturated heterocycles. The van der Waals surface area contributed by atoms with Gasteiger partial charge in [0.2, 0.25) is 0 Å². The summed E-state index contributed by atoms with van der Waals surface area (Å²) in [5.41, 5.74) is 1.50. The Balaban J connectivity index is 2.02. The molecule has 7 nitrogen and oxygen atoms in total. The lowest BCUT2D eigenvalue weighted by Gasteiger charge is -2.07. The molecule has 0 radical (unpaired) electrons. The highest BCUT2D eigenvalue weighted by molar-refractivity contribution is 5.87. The van der Waals surface area contributed by atoms with E-state index in [9.17, 15) is 4.79 Å². The Labute approximate surface area is 122 Å². The number of hydrogen-bond donors (Lipinski definition) is 2. The second-order valence-corrected chi connectivity index (χ2v) is 4.40. The average Bonchev–Trinajstić information content (AvgIpc) is 2.53. The number of carbonyl (C=O) groups excluding carboxylic acids is 1. The van der Waals surface area contributed by atoms with E-state index in [4.69, 9.17) is 5.26 Å². The molecule has 0 saturated carbocycles. The number of urea groups is 1. The van der Waals surface area contributed by atoms with Crippen LogP contribution in [0.3, 0.4) is 0 Å². The zero-order valence-corrected chi connectivity index (χ0v) is 11.4. The van der Waals surface area contributed by atoms with Crippen LogP contribution < -0.4 is 10.6 Å². The van der Waals surface area contributed by atoms with Gasteiger partial charge in [-0.2, -0.15) is 10.4 Å². The van der Waals surface area contributed by atoms with E-state index in [1.54, 1.807) is 6.92 Å². The molecule has 1 aromatic heterocycles. The van der Waals surface area contributed by atoms with Crippen LogP contribution >= 0.6 is 0 Å². The van der Waals surface area contributed by atoms with Crippen molar-refractivity contribution in [2.45, 2.75) is 6.92 Å². The van der Waals surface area contributed by atoms with E-state index in [1.807, 2.05) is 36.4 Å². The van der Waals surface area contributed by atoms with Gasteiger partial charge in [-0.3, -0.25) is 5.32 Å². The Bertz CT molecular complexity index is 652. The minimum Gasteiger partial charge on any atom is -0.336 e. The molecule has 0 bridgehead atoms. The number of hydrogen-bond acceptors (Lipinski definition) is 5. The van der Waals surface area contributed by atoms with Crippen molar-refractivity contribution in [1.29, 1.82) is 5.26 Å². The number of nitrogens with zero attached hydrogens (tertiary/aromatic N) is 4. The van der Waals surface area contributed by atoms with Crippen molar-refractivity contribution < 1.29 is 4.79 Å². The molecule has 1 atom stereocenters. The summed E-state index contributed by atoms with van der Waals surface area (Å²) in [4.78, 5) is 15.9. The summed E-state index contributed by atoms with van der Waals surface area (Å²) in [6.45, 7) is 1.97. The normalized spacial score (nSPS) is 11.2. The van der Waals surface area contributed by atoms with E-state index in [1.165, 1.54) is 6.20 Å². The first-order valence-electron chi connectivity index (χ1n) is 6.38. The summed E-state index contributed by atoms with van der Waals surface area (Å²) < 4.78 is 0. The van der Waals surface area contributed by atoms with Crippen LogP contribution in [0.5, 0.6) is 0 Å². The number of nitrogens with one attached hydrogen (secondary N) is 2. The fraction of sp³-hybridized carbons (Fsp3) is 0.214. The van der Waals surface area contributed by atoms with Gasteiger partial charge >= 0.3 is 6.03 Å². The van der Waals surface area contributed by atoms with E-state index in [0.717, 1.165) is 5.56 Å². The summed E-state index contributed by atoms with van der Waals surface area (Å²) in [5, 5.41) is 21.3. The number of amides is 2. The Morgan fingerprint density at radius 1 is 1.38 bits per heavy atom. The highest BCUT2D eigenvalue weighted by atomic mass is 16.2. The highest BCUT2D eigenvalue weighted by Crippen LogP contribution is 2.15. The summed E-state index contributed by atoms with van der Waals surface area (Å²) in [7, 11) is 0. The largest absolute Gasteiger partial charge is 0.336 e. The number of aromatic nitrogens is 3. The maximum absolute atomic E-state index is 11.6. The van der Waals surface area contributed by atoms with Crippen molar-refractivity contribution in [3.8, 4) is 17.3 Å². The molecule has 2 N–H and O–H groups in total. The molecule has 1 heterocycles. The first kappa shape index (κ1) is 14.4. The molecule has 0 fully saturated rings. The van der Waals surface area contributed by atoms with Crippen LogP contribution in [0.25, 0.3) is 11.3 Å². The van der Waals surface area contributed by atoms with Crippen LogP contribution in [-0.2, 0) is 0 Å². The van der Waals surface area contributed by atoms with Gasteiger partial charge in [0.25, 0.3) is 5.95 Å². The van der Waals surface area contributed by atoms with Crippen molar-refractivity contribution in [2.24, 2.45) is 5.92 Å². The second kappa shape index (κ2) is 6.96. The fourth-order valence-electron chi connectivity index (χ4n) is 1.54. The number of benzene rings is 1. The molecule has 7 heteroatoms. The van der Waals surface area contributed by atoms with Gasteiger partial charge in [-0.05, 0) is 6.92 Å². The molecule has 21 heavy (non-hydrogen) atoms. The number of anilines is 1. The van der Waals surface area contributed by atoms with E-state index in [0.29, 0.717) is 5.69 Å². The van der Waals surface area contributed by atoms with Crippen LogP contribution in [0.4, 0.5) is 10.7 Å². The molecule has 0 aliphatic carbocycles. The smallest absolute Gasteiger partial charge is 0.321 e. The van der Waals surface area contributed by atoms with Gasteiger partial charge in [0.15, 0.2) is 0 Å². The van der Waals surface area contributed by atoms with Crippen LogP contribution in [-0.4, -0.2) is 27.8 Å². The number of carbonyl (C=O) groups is 1. The second-order valence-electron chi connectivity index (χ2n) is 4.40. The molecule has 0 aliphatic heterocycles. The van der Waals surface area contributed by atoms with Gasteiger partial charge in [-0.25, -0.2) is 9.78 Å². The van der Waals surface area contributed by atoms with Crippen molar-refractivity contribution in [3.05, 3.63) is 36.5 Å². The minimum absolute atomic E-state index is 0.110. The van der Waals surface area contributed by atoms with E-state index in [2.05, 4.69) is 25.8 Å². The Morgan fingerprint density at radius 3 is 2.86 bits per heavy atom. The first-order valence-corrected chi connectivity index (χ1v) is 6.38. The highest BCUT2D eigenvalue weighted by Gasteiger charge is 2.08. The lowest BCUT2D eigenvalue weighted by molar-refractivity contribution is 0.251. The van der Waals surface area contributed by atoms with Crippen LogP contribution in [0, 0.1) is 17.2 Å². The monoisotopic (exact) mass is 282 g/mol. The average molecular weight is 282 g/mol. The predicted molar refractivity (Wildman–Crippen MR) is 77.1 cm³/mol. The van der Waals surface area contributed by atoms with Crippen molar-refractivity contribution in [3.63, 3.8) is 0 Å². The molecule has 2 amide bonds. The van der Waals surface area contributed by atoms with Gasteiger partial charge in [-0.15, -0.1) is 5.10 Å². The standard InChI is InChI=1S/C14H14N6O/c1-10(7-15)8-16-14(21)19-13-18-12(9-17-20-13)11-5-3-2-4-6-11/h2-6,9-10H,8H2,1H3,(H2,16,18,19,20,21)/t10-/m0/s1. The molecule has 106 valence electrons. The van der Waals surface area contributed by atoms with Crippen molar-refractivity contribution in [1.82, 2.24) is 20.5 Å². The summed E-state index contributed by atoms with van der Waals surface area (Å²) >= 11 is 0. The molecule has 1 aromatic carbocycles. The lowest BCUT2D eigenvalue weighted by Crippen LogP contribution is -2.32. The van der Waals surface area contributed by atoms with Gasteiger partial charge in [0, 0.05) is 12.1 Å². The topological polar surface area (TPSA) is 104 Å². The SMILES string of the molecule is C[C@@H](C#N)CNC(=O)Nc1nncc(-c2ccccc2)n1. The molecular formula is C14H14N6O. The molecule has 0 spiro atoms. The predicted octanol–water partition coefficient (Wildman–Crippen LogP) is 1.82. The Hall–Kier alpha value is -3.01. The molecule has 0 aliphatic rings. The minimum atomic E-state index is -0.468. The van der Waals surface area contributed by atoms with E-state index >= 15 is 0 Å². The van der Waals surface area contributed by atoms with E-state index < -0.39 is 6.03 Å². The zero-order chi connectivity index (χ0) is 15.1. The molecular weight excluding hydrogens is 268 g/mol. The van der Waals surface area contributed by atoms with Gasteiger partial charge in [0.1, 0.15) is 0 Å². The third-order valence-electron chi connectivity index (χ3n) is 2.64. The Morgan fingerprint density at radius 2 is 2.14 bits per heavy atom.